The maximum absolute atomic E-state index is 11.8. The fourth-order valence-electron chi connectivity index (χ4n) is 3.07. The van der Waals surface area contributed by atoms with Crippen LogP contribution in [0.2, 0.25) is 0 Å². The largest absolute Gasteiger partial charge is 0.504 e. The molecule has 0 aromatic carbocycles. The first kappa shape index (κ1) is 17.6. The number of nitrogens with zero attached hydrogens (tertiary/aromatic N) is 7. The maximum atomic E-state index is 11.8. The van der Waals surface area contributed by atoms with Crippen molar-refractivity contribution < 1.29 is 9.90 Å². The SMILES string of the molecule is CCn1nc(C)c(O)c1-c1nccc(-c2nc(C(N)=O)n3cc(C)ncc23)n1. The van der Waals surface area contributed by atoms with Gasteiger partial charge in [0.05, 0.1) is 23.1 Å². The van der Waals surface area contributed by atoms with E-state index >= 15 is 0 Å². The van der Waals surface area contributed by atoms with Crippen molar-refractivity contribution in [2.24, 2.45) is 5.73 Å². The maximum Gasteiger partial charge on any atom is 0.285 e. The fraction of sp³-hybridized carbons (Fsp3) is 0.222. The van der Waals surface area contributed by atoms with E-state index < -0.39 is 5.91 Å². The second-order valence-electron chi connectivity index (χ2n) is 6.30. The lowest BCUT2D eigenvalue weighted by Crippen LogP contribution is -2.15. The van der Waals surface area contributed by atoms with Gasteiger partial charge in [0, 0.05) is 18.9 Å². The van der Waals surface area contributed by atoms with E-state index in [2.05, 4.69) is 25.0 Å². The molecule has 0 unspecified atom stereocenters. The van der Waals surface area contributed by atoms with Crippen LogP contribution in [0.4, 0.5) is 0 Å². The van der Waals surface area contributed by atoms with Crippen LogP contribution in [0.5, 0.6) is 5.75 Å². The van der Waals surface area contributed by atoms with E-state index in [9.17, 15) is 9.90 Å². The van der Waals surface area contributed by atoms with Crippen molar-refractivity contribution in [3.05, 3.63) is 41.9 Å². The number of primary amides is 1. The second kappa shape index (κ2) is 6.41. The molecule has 0 aliphatic carbocycles. The molecule has 28 heavy (non-hydrogen) atoms. The van der Waals surface area contributed by atoms with Crippen LogP contribution in [0.3, 0.4) is 0 Å². The molecule has 0 radical (unpaired) electrons. The summed E-state index contributed by atoms with van der Waals surface area (Å²) in [4.78, 5) is 29.3. The number of carbonyl (C=O) groups excluding carboxylic acids is 1. The van der Waals surface area contributed by atoms with Crippen LogP contribution in [0, 0.1) is 13.8 Å². The molecule has 0 aliphatic rings. The molecule has 4 aromatic rings. The van der Waals surface area contributed by atoms with Crippen LogP contribution in [-0.4, -0.2) is 45.1 Å². The Morgan fingerprint density at radius 3 is 2.75 bits per heavy atom. The summed E-state index contributed by atoms with van der Waals surface area (Å²) in [6.45, 7) is 5.98. The Labute approximate surface area is 159 Å². The second-order valence-corrected chi connectivity index (χ2v) is 6.30. The Kier molecular flexibility index (Phi) is 4.03. The number of nitrogens with two attached hydrogens (primary N) is 1. The van der Waals surface area contributed by atoms with Crippen LogP contribution in [0.1, 0.15) is 28.9 Å². The summed E-state index contributed by atoms with van der Waals surface area (Å²) in [6, 6.07) is 1.67. The number of carbonyl (C=O) groups is 1. The minimum Gasteiger partial charge on any atom is -0.504 e. The van der Waals surface area contributed by atoms with E-state index in [0.717, 1.165) is 5.69 Å². The number of hydrogen-bond donors (Lipinski definition) is 2. The quantitative estimate of drug-likeness (QED) is 0.549. The van der Waals surface area contributed by atoms with Crippen molar-refractivity contribution in [2.45, 2.75) is 27.3 Å². The van der Waals surface area contributed by atoms with E-state index in [1.807, 2.05) is 13.8 Å². The van der Waals surface area contributed by atoms with Gasteiger partial charge in [-0.3, -0.25) is 18.9 Å². The number of hydrogen-bond acceptors (Lipinski definition) is 7. The average molecular weight is 378 g/mol. The summed E-state index contributed by atoms with van der Waals surface area (Å²) in [7, 11) is 0. The van der Waals surface area contributed by atoms with E-state index in [1.165, 1.54) is 0 Å². The van der Waals surface area contributed by atoms with Gasteiger partial charge in [0.1, 0.15) is 17.1 Å². The number of amides is 1. The van der Waals surface area contributed by atoms with Gasteiger partial charge in [0.25, 0.3) is 5.91 Å². The molecule has 0 spiro atoms. The van der Waals surface area contributed by atoms with Crippen LogP contribution in [0.25, 0.3) is 28.4 Å². The molecule has 3 N–H and O–H groups in total. The third-order valence-corrected chi connectivity index (χ3v) is 4.38. The van der Waals surface area contributed by atoms with Gasteiger partial charge in [-0.05, 0) is 26.8 Å². The lowest BCUT2D eigenvalue weighted by molar-refractivity contribution is 0.0990. The molecule has 0 saturated heterocycles. The molecule has 142 valence electrons. The Morgan fingerprint density at radius 2 is 2.04 bits per heavy atom. The van der Waals surface area contributed by atoms with E-state index in [-0.39, 0.29) is 11.6 Å². The highest BCUT2D eigenvalue weighted by molar-refractivity contribution is 5.93. The van der Waals surface area contributed by atoms with Crippen LogP contribution in [-0.2, 0) is 6.54 Å². The smallest absolute Gasteiger partial charge is 0.285 e. The van der Waals surface area contributed by atoms with Gasteiger partial charge in [-0.15, -0.1) is 0 Å². The van der Waals surface area contributed by atoms with Crippen molar-refractivity contribution in [2.75, 3.05) is 0 Å². The highest BCUT2D eigenvalue weighted by atomic mass is 16.3. The highest BCUT2D eigenvalue weighted by Crippen LogP contribution is 2.31. The topological polar surface area (TPSA) is 137 Å². The molecule has 10 nitrogen and oxygen atoms in total. The van der Waals surface area contributed by atoms with Crippen LogP contribution in [0.15, 0.2) is 24.7 Å². The van der Waals surface area contributed by atoms with Crippen molar-refractivity contribution in [1.82, 2.24) is 34.1 Å². The van der Waals surface area contributed by atoms with Gasteiger partial charge in [-0.25, -0.2) is 15.0 Å². The molecule has 4 aromatic heterocycles. The molecule has 4 heterocycles. The highest BCUT2D eigenvalue weighted by Gasteiger charge is 2.21. The van der Waals surface area contributed by atoms with Crippen molar-refractivity contribution in [3.8, 4) is 28.7 Å². The van der Waals surface area contributed by atoms with Gasteiger partial charge in [-0.1, -0.05) is 0 Å². The van der Waals surface area contributed by atoms with Gasteiger partial charge in [0.2, 0.25) is 5.82 Å². The minimum absolute atomic E-state index is 0.0313. The molecule has 0 fully saturated rings. The predicted octanol–water partition coefficient (Wildman–Crippen LogP) is 1.49. The minimum atomic E-state index is -0.654. The number of fused-ring (bicyclic) bond motifs is 1. The first-order valence-electron chi connectivity index (χ1n) is 8.65. The monoisotopic (exact) mass is 378 g/mol. The average Bonchev–Trinajstić information content (AvgIpc) is 3.19. The molecule has 4 rings (SSSR count). The molecule has 0 saturated carbocycles. The van der Waals surface area contributed by atoms with Crippen molar-refractivity contribution in [1.29, 1.82) is 0 Å². The van der Waals surface area contributed by atoms with Gasteiger partial charge < -0.3 is 10.8 Å². The fourth-order valence-corrected chi connectivity index (χ4v) is 3.07. The number of aromatic hydroxyl groups is 1. The zero-order chi connectivity index (χ0) is 20.0. The molecule has 0 aliphatic heterocycles. The lowest BCUT2D eigenvalue weighted by atomic mass is 10.2. The lowest BCUT2D eigenvalue weighted by Gasteiger charge is -2.05. The number of aromatic nitrogens is 7. The Morgan fingerprint density at radius 1 is 1.25 bits per heavy atom. The molecule has 10 heteroatoms. The van der Waals surface area contributed by atoms with Gasteiger partial charge in [-0.2, -0.15) is 5.10 Å². The van der Waals surface area contributed by atoms with E-state index in [4.69, 9.17) is 5.73 Å². The van der Waals surface area contributed by atoms with Crippen molar-refractivity contribution in [3.63, 3.8) is 0 Å². The normalized spacial score (nSPS) is 11.2. The Bertz CT molecular complexity index is 1220. The standard InChI is InChI=1S/C18H18N8O2/c1-4-26-14(15(27)10(3)24-26)17-20-6-5-11(22-17)13-12-7-21-9(2)8-25(12)18(23-13)16(19)28/h5-8,27H,4H2,1-3H3,(H2,19,28). The Hall–Kier alpha value is -3.82. The summed E-state index contributed by atoms with van der Waals surface area (Å²) in [5, 5.41) is 14.7. The Balaban J connectivity index is 1.93. The summed E-state index contributed by atoms with van der Waals surface area (Å²) >= 11 is 0. The zero-order valence-electron chi connectivity index (χ0n) is 15.6. The summed E-state index contributed by atoms with van der Waals surface area (Å²) < 4.78 is 3.23. The van der Waals surface area contributed by atoms with Gasteiger partial charge >= 0.3 is 0 Å². The van der Waals surface area contributed by atoms with Crippen molar-refractivity contribution >= 4 is 11.4 Å². The van der Waals surface area contributed by atoms with Crippen LogP contribution >= 0.6 is 0 Å². The number of rotatable bonds is 4. The van der Waals surface area contributed by atoms with E-state index in [1.54, 1.807) is 40.7 Å². The predicted molar refractivity (Wildman–Crippen MR) is 101 cm³/mol. The first-order valence-corrected chi connectivity index (χ1v) is 8.65. The summed E-state index contributed by atoms with van der Waals surface area (Å²) in [6.07, 6.45) is 4.87. The molecule has 0 bridgehead atoms. The molecular formula is C18H18N8O2. The number of aryl methyl sites for hydroxylation is 3. The van der Waals surface area contributed by atoms with E-state index in [0.29, 0.717) is 40.7 Å². The third-order valence-electron chi connectivity index (χ3n) is 4.38. The van der Waals surface area contributed by atoms with Crippen LogP contribution < -0.4 is 5.73 Å². The molecule has 0 atom stereocenters. The van der Waals surface area contributed by atoms with Gasteiger partial charge in [0.15, 0.2) is 11.6 Å². The summed E-state index contributed by atoms with van der Waals surface area (Å²) in [5.74, 6) is -0.227. The zero-order valence-corrected chi connectivity index (χ0v) is 15.6. The molecular weight excluding hydrogens is 360 g/mol. The third kappa shape index (κ3) is 2.66. The molecule has 1 amide bonds. The first-order chi connectivity index (χ1) is 13.4. The summed E-state index contributed by atoms with van der Waals surface area (Å²) in [5.41, 5.74) is 8.63. The number of imidazole rings is 1.